The smallest absolute Gasteiger partial charge is 0.254 e. The van der Waals surface area contributed by atoms with Gasteiger partial charge >= 0.3 is 0 Å². The first-order valence-corrected chi connectivity index (χ1v) is 7.25. The van der Waals surface area contributed by atoms with Gasteiger partial charge in [-0.2, -0.15) is 0 Å². The lowest BCUT2D eigenvalue weighted by Crippen LogP contribution is -2.29. The lowest BCUT2D eigenvalue weighted by Gasteiger charge is -2.20. The summed E-state index contributed by atoms with van der Waals surface area (Å²) in [6.07, 6.45) is -0.929. The normalized spacial score (nSPS) is 14.2. The third-order valence-corrected chi connectivity index (χ3v) is 3.53. The van der Waals surface area contributed by atoms with Crippen molar-refractivity contribution in [2.75, 3.05) is 19.8 Å². The molecule has 2 N–H and O–H groups in total. The van der Waals surface area contributed by atoms with Crippen molar-refractivity contribution >= 4 is 5.91 Å². The van der Waals surface area contributed by atoms with Crippen LogP contribution in [-0.4, -0.2) is 30.8 Å². The van der Waals surface area contributed by atoms with Crippen LogP contribution in [0.25, 0.3) is 0 Å². The van der Waals surface area contributed by atoms with Crippen molar-refractivity contribution in [2.45, 2.75) is 6.10 Å². The van der Waals surface area contributed by atoms with Crippen molar-refractivity contribution in [3.63, 3.8) is 0 Å². The van der Waals surface area contributed by atoms with Crippen LogP contribution in [0.4, 0.5) is 4.39 Å². The molecule has 1 atom stereocenters. The Morgan fingerprint density at radius 1 is 1.17 bits per heavy atom. The third kappa shape index (κ3) is 3.43. The van der Waals surface area contributed by atoms with Gasteiger partial charge in [-0.3, -0.25) is 4.79 Å². The summed E-state index contributed by atoms with van der Waals surface area (Å²) in [6.45, 7) is 0.914. The van der Waals surface area contributed by atoms with E-state index in [2.05, 4.69) is 5.32 Å². The maximum atomic E-state index is 13.5. The summed E-state index contributed by atoms with van der Waals surface area (Å²) < 4.78 is 24.4. The summed E-state index contributed by atoms with van der Waals surface area (Å²) in [5.74, 6) is 0.0225. The second-order valence-corrected chi connectivity index (χ2v) is 5.11. The number of fused-ring (bicyclic) bond motifs is 1. The second-order valence-electron chi connectivity index (χ2n) is 5.11. The molecule has 6 heteroatoms. The molecule has 0 radical (unpaired) electrons. The first kappa shape index (κ1) is 15.3. The van der Waals surface area contributed by atoms with Gasteiger partial charge < -0.3 is 19.9 Å². The maximum Gasteiger partial charge on any atom is 0.254 e. The fourth-order valence-electron chi connectivity index (χ4n) is 2.32. The van der Waals surface area contributed by atoms with Crippen LogP contribution in [0.2, 0.25) is 0 Å². The van der Waals surface area contributed by atoms with E-state index in [-0.39, 0.29) is 12.1 Å². The molecule has 2 aromatic carbocycles. The highest BCUT2D eigenvalue weighted by molar-refractivity contribution is 5.94. The number of carbonyl (C=O) groups is 1. The van der Waals surface area contributed by atoms with Gasteiger partial charge in [-0.1, -0.05) is 18.2 Å². The van der Waals surface area contributed by atoms with Gasteiger partial charge in [0.15, 0.2) is 11.5 Å². The molecule has 0 spiro atoms. The highest BCUT2D eigenvalue weighted by Gasteiger charge is 2.17. The molecule has 0 aromatic heterocycles. The number of nitrogens with one attached hydrogen (secondary N) is 1. The van der Waals surface area contributed by atoms with Crippen LogP contribution in [0.5, 0.6) is 11.5 Å². The van der Waals surface area contributed by atoms with E-state index in [4.69, 9.17) is 9.47 Å². The zero-order valence-corrected chi connectivity index (χ0v) is 12.3. The quantitative estimate of drug-likeness (QED) is 0.906. The number of amides is 1. The van der Waals surface area contributed by atoms with E-state index in [1.54, 1.807) is 24.3 Å². The molecular weight excluding hydrogens is 301 g/mol. The van der Waals surface area contributed by atoms with Gasteiger partial charge in [-0.15, -0.1) is 0 Å². The minimum Gasteiger partial charge on any atom is -0.486 e. The summed E-state index contributed by atoms with van der Waals surface area (Å²) in [4.78, 5) is 11.9. The summed E-state index contributed by atoms with van der Waals surface area (Å²) in [5, 5.41) is 12.7. The molecule has 23 heavy (non-hydrogen) atoms. The van der Waals surface area contributed by atoms with Crippen molar-refractivity contribution in [1.82, 2.24) is 5.32 Å². The van der Waals surface area contributed by atoms with Crippen molar-refractivity contribution in [2.24, 2.45) is 0 Å². The minimum absolute atomic E-state index is 0.0349. The number of aliphatic hydroxyl groups excluding tert-OH is 1. The molecule has 3 rings (SSSR count). The molecule has 0 saturated heterocycles. The van der Waals surface area contributed by atoms with E-state index < -0.39 is 17.8 Å². The molecule has 2 aromatic rings. The Labute approximate surface area is 132 Å². The lowest BCUT2D eigenvalue weighted by molar-refractivity contribution is 0.0912. The predicted octanol–water partition coefficient (Wildman–Crippen LogP) is 2.06. The van der Waals surface area contributed by atoms with Gasteiger partial charge in [0.05, 0.1) is 11.7 Å². The summed E-state index contributed by atoms with van der Waals surface area (Å²) in [7, 11) is 0. The molecule has 0 saturated carbocycles. The lowest BCUT2D eigenvalue weighted by atomic mass is 10.1. The fourth-order valence-corrected chi connectivity index (χ4v) is 2.32. The number of benzene rings is 2. The Kier molecular flexibility index (Phi) is 4.43. The summed E-state index contributed by atoms with van der Waals surface area (Å²) >= 11 is 0. The van der Waals surface area contributed by atoms with E-state index in [1.165, 1.54) is 18.2 Å². The Morgan fingerprint density at radius 3 is 2.70 bits per heavy atom. The van der Waals surface area contributed by atoms with Crippen LogP contribution in [-0.2, 0) is 0 Å². The van der Waals surface area contributed by atoms with E-state index in [0.29, 0.717) is 30.3 Å². The predicted molar refractivity (Wildman–Crippen MR) is 81.1 cm³/mol. The monoisotopic (exact) mass is 317 g/mol. The van der Waals surface area contributed by atoms with Gasteiger partial charge in [0.2, 0.25) is 0 Å². The standard InChI is InChI=1S/C17H16FNO4/c18-13-4-2-1-3-12(13)17(21)19-10-14(20)11-5-6-15-16(9-11)23-8-7-22-15/h1-6,9,14,20H,7-8,10H2,(H,19,21). The topological polar surface area (TPSA) is 67.8 Å². The molecule has 120 valence electrons. The van der Waals surface area contributed by atoms with E-state index in [1.807, 2.05) is 0 Å². The van der Waals surface area contributed by atoms with Crippen LogP contribution in [0, 0.1) is 5.82 Å². The molecule has 0 bridgehead atoms. The molecule has 5 nitrogen and oxygen atoms in total. The molecule has 1 amide bonds. The number of carbonyl (C=O) groups excluding carboxylic acids is 1. The van der Waals surface area contributed by atoms with Crippen molar-refractivity contribution in [3.8, 4) is 11.5 Å². The Bertz CT molecular complexity index is 719. The Morgan fingerprint density at radius 2 is 1.91 bits per heavy atom. The number of aliphatic hydroxyl groups is 1. The van der Waals surface area contributed by atoms with E-state index in [0.717, 1.165) is 0 Å². The molecule has 0 aliphatic carbocycles. The van der Waals surface area contributed by atoms with Crippen molar-refractivity contribution in [1.29, 1.82) is 0 Å². The molecular formula is C17H16FNO4. The number of hydrogen-bond acceptors (Lipinski definition) is 4. The summed E-state index contributed by atoms with van der Waals surface area (Å²) in [5.41, 5.74) is 0.532. The van der Waals surface area contributed by atoms with Gasteiger partial charge in [0.25, 0.3) is 5.91 Å². The first-order chi connectivity index (χ1) is 11.1. The van der Waals surface area contributed by atoms with Gasteiger partial charge in [0, 0.05) is 6.54 Å². The van der Waals surface area contributed by atoms with Crippen LogP contribution >= 0.6 is 0 Å². The summed E-state index contributed by atoms with van der Waals surface area (Å²) in [6, 6.07) is 10.8. The zero-order valence-electron chi connectivity index (χ0n) is 12.3. The number of hydrogen-bond donors (Lipinski definition) is 2. The first-order valence-electron chi connectivity index (χ1n) is 7.25. The van der Waals surface area contributed by atoms with E-state index in [9.17, 15) is 14.3 Å². The van der Waals surface area contributed by atoms with Crippen LogP contribution < -0.4 is 14.8 Å². The molecule has 1 heterocycles. The SMILES string of the molecule is O=C(NCC(O)c1ccc2c(c1)OCCO2)c1ccccc1F. The molecule has 1 aliphatic rings. The van der Waals surface area contributed by atoms with E-state index >= 15 is 0 Å². The average molecular weight is 317 g/mol. The van der Waals surface area contributed by atoms with Crippen molar-refractivity contribution in [3.05, 3.63) is 59.4 Å². The van der Waals surface area contributed by atoms with Gasteiger partial charge in [0.1, 0.15) is 19.0 Å². The Balaban J connectivity index is 1.64. The average Bonchev–Trinajstić information content (AvgIpc) is 2.59. The molecule has 1 aliphatic heterocycles. The number of ether oxygens (including phenoxy) is 2. The van der Waals surface area contributed by atoms with Crippen molar-refractivity contribution < 1.29 is 23.8 Å². The number of rotatable bonds is 4. The minimum atomic E-state index is -0.929. The second kappa shape index (κ2) is 6.66. The highest BCUT2D eigenvalue weighted by Crippen LogP contribution is 2.32. The molecule has 0 fully saturated rings. The molecule has 1 unspecified atom stereocenters. The Hall–Kier alpha value is -2.60. The van der Waals surface area contributed by atoms with Gasteiger partial charge in [-0.25, -0.2) is 4.39 Å². The van der Waals surface area contributed by atoms with Gasteiger partial charge in [-0.05, 0) is 29.8 Å². The fraction of sp³-hybridized carbons (Fsp3) is 0.235. The zero-order chi connectivity index (χ0) is 16.2. The number of halogens is 1. The largest absolute Gasteiger partial charge is 0.486 e. The van der Waals surface area contributed by atoms with Crippen LogP contribution in [0.1, 0.15) is 22.0 Å². The van der Waals surface area contributed by atoms with Crippen LogP contribution in [0.3, 0.4) is 0 Å². The highest BCUT2D eigenvalue weighted by atomic mass is 19.1. The third-order valence-electron chi connectivity index (χ3n) is 3.53. The maximum absolute atomic E-state index is 13.5. The van der Waals surface area contributed by atoms with Crippen LogP contribution in [0.15, 0.2) is 42.5 Å².